The quantitative estimate of drug-likeness (QED) is 0.776. The second-order valence-electron chi connectivity index (χ2n) is 6.08. The van der Waals surface area contributed by atoms with Crippen LogP contribution in [0.2, 0.25) is 0 Å². The van der Waals surface area contributed by atoms with Gasteiger partial charge in [-0.15, -0.1) is 0 Å². The van der Waals surface area contributed by atoms with Crippen LogP contribution < -0.4 is 5.32 Å². The van der Waals surface area contributed by atoms with E-state index in [9.17, 15) is 8.42 Å². The number of sulfonamides is 1. The van der Waals surface area contributed by atoms with E-state index < -0.39 is 10.0 Å². The van der Waals surface area contributed by atoms with Gasteiger partial charge < -0.3 is 5.32 Å². The monoisotopic (exact) mass is 275 g/mol. The van der Waals surface area contributed by atoms with Gasteiger partial charge in [-0.1, -0.05) is 0 Å². The van der Waals surface area contributed by atoms with Crippen LogP contribution in [-0.2, 0) is 10.0 Å². The number of hydrogen-bond acceptors (Lipinski definition) is 4. The zero-order valence-electron chi connectivity index (χ0n) is 11.6. The third kappa shape index (κ3) is 2.71. The molecule has 0 saturated carbocycles. The summed E-state index contributed by atoms with van der Waals surface area (Å²) in [5, 5.41) is 2.96. The van der Waals surface area contributed by atoms with Crippen LogP contribution in [0.4, 0.5) is 0 Å². The number of likely N-dealkylation sites (N-methyl/N-ethyl adjacent to an activating group) is 1. The van der Waals surface area contributed by atoms with E-state index in [-0.39, 0.29) is 10.8 Å². The molecule has 2 saturated heterocycles. The Kier molecular flexibility index (Phi) is 4.02. The molecule has 0 radical (unpaired) electrons. The van der Waals surface area contributed by atoms with Crippen molar-refractivity contribution in [2.45, 2.75) is 37.5 Å². The van der Waals surface area contributed by atoms with Gasteiger partial charge in [-0.2, -0.15) is 4.31 Å². The molecular weight excluding hydrogens is 250 g/mol. The van der Waals surface area contributed by atoms with Gasteiger partial charge in [0, 0.05) is 31.7 Å². The van der Waals surface area contributed by atoms with Gasteiger partial charge in [-0.05, 0) is 40.3 Å². The minimum absolute atomic E-state index is 0.0760. The van der Waals surface area contributed by atoms with Gasteiger partial charge in [0.25, 0.3) is 0 Å². The summed E-state index contributed by atoms with van der Waals surface area (Å²) in [4.78, 5) is 2.23. The Morgan fingerprint density at radius 2 is 2.00 bits per heavy atom. The molecule has 2 aliphatic rings. The first-order chi connectivity index (χ1) is 8.34. The van der Waals surface area contributed by atoms with Crippen molar-refractivity contribution in [3.8, 4) is 0 Å². The summed E-state index contributed by atoms with van der Waals surface area (Å²) < 4.78 is 26.9. The number of piperidine rings is 1. The molecule has 2 aliphatic heterocycles. The van der Waals surface area contributed by atoms with E-state index in [1.165, 1.54) is 0 Å². The second kappa shape index (κ2) is 5.07. The van der Waals surface area contributed by atoms with E-state index in [1.807, 2.05) is 0 Å². The molecule has 0 aliphatic carbocycles. The molecule has 0 amide bonds. The molecule has 2 rings (SSSR count). The van der Waals surface area contributed by atoms with Crippen molar-refractivity contribution >= 4 is 10.0 Å². The lowest BCUT2D eigenvalue weighted by Gasteiger charge is -2.45. The summed E-state index contributed by atoms with van der Waals surface area (Å²) in [6, 6.07) is 0. The molecule has 0 aromatic heterocycles. The van der Waals surface area contributed by atoms with Crippen molar-refractivity contribution in [1.82, 2.24) is 14.5 Å². The van der Waals surface area contributed by atoms with Crippen molar-refractivity contribution in [3.63, 3.8) is 0 Å². The van der Waals surface area contributed by atoms with Gasteiger partial charge in [0.15, 0.2) is 0 Å². The fraction of sp³-hybridized carbons (Fsp3) is 1.00. The zero-order valence-corrected chi connectivity index (χ0v) is 12.5. The van der Waals surface area contributed by atoms with E-state index in [2.05, 4.69) is 31.1 Å². The zero-order chi connectivity index (χ0) is 13.4. The van der Waals surface area contributed by atoms with Crippen molar-refractivity contribution in [2.24, 2.45) is 0 Å². The number of rotatable bonds is 2. The first-order valence-electron chi connectivity index (χ1n) is 6.75. The fourth-order valence-corrected chi connectivity index (χ4v) is 4.74. The predicted octanol–water partition coefficient (Wildman–Crippen LogP) is 0.0942. The molecule has 1 unspecified atom stereocenters. The Morgan fingerprint density at radius 3 is 2.56 bits per heavy atom. The molecule has 5 nitrogen and oxygen atoms in total. The van der Waals surface area contributed by atoms with Crippen LogP contribution in [0.5, 0.6) is 0 Å². The van der Waals surface area contributed by atoms with Gasteiger partial charge in [0.2, 0.25) is 10.0 Å². The number of hydrogen-bond donors (Lipinski definition) is 1. The minimum Gasteiger partial charge on any atom is -0.315 e. The van der Waals surface area contributed by atoms with Crippen molar-refractivity contribution in [1.29, 1.82) is 0 Å². The van der Waals surface area contributed by atoms with Crippen LogP contribution in [0.1, 0.15) is 26.7 Å². The Labute approximate surface area is 111 Å². The van der Waals surface area contributed by atoms with E-state index in [4.69, 9.17) is 0 Å². The third-order valence-electron chi connectivity index (χ3n) is 4.31. The largest absolute Gasteiger partial charge is 0.315 e. The highest BCUT2D eigenvalue weighted by molar-refractivity contribution is 7.89. The van der Waals surface area contributed by atoms with Crippen molar-refractivity contribution in [2.75, 3.05) is 39.8 Å². The highest BCUT2D eigenvalue weighted by Gasteiger charge is 2.40. The normalized spacial score (nSPS) is 31.4. The SMILES string of the molecule is CN1CCN(S(=O)(=O)C2CCCNC2)CC1(C)C. The van der Waals surface area contributed by atoms with E-state index in [0.717, 1.165) is 25.9 Å². The van der Waals surface area contributed by atoms with Crippen molar-refractivity contribution < 1.29 is 8.42 Å². The van der Waals surface area contributed by atoms with Crippen molar-refractivity contribution in [3.05, 3.63) is 0 Å². The average molecular weight is 275 g/mol. The van der Waals surface area contributed by atoms with Gasteiger partial charge in [0.1, 0.15) is 0 Å². The summed E-state index contributed by atoms with van der Waals surface area (Å²) in [6.07, 6.45) is 1.75. The van der Waals surface area contributed by atoms with Crippen LogP contribution in [0, 0.1) is 0 Å². The molecule has 18 heavy (non-hydrogen) atoms. The highest BCUT2D eigenvalue weighted by Crippen LogP contribution is 2.24. The molecule has 2 fully saturated rings. The summed E-state index contributed by atoms with van der Waals surface area (Å²) in [5.41, 5.74) is -0.0760. The fourth-order valence-electron chi connectivity index (χ4n) is 2.70. The standard InChI is InChI=1S/C12H25N3O2S/c1-12(2)10-15(8-7-14(12)3)18(16,17)11-5-4-6-13-9-11/h11,13H,4-10H2,1-3H3. The van der Waals surface area contributed by atoms with Gasteiger partial charge >= 0.3 is 0 Å². The number of piperazine rings is 1. The molecule has 1 atom stereocenters. The van der Waals surface area contributed by atoms with Crippen LogP contribution in [0.3, 0.4) is 0 Å². The van der Waals surface area contributed by atoms with Crippen LogP contribution in [-0.4, -0.2) is 68.2 Å². The van der Waals surface area contributed by atoms with E-state index in [1.54, 1.807) is 4.31 Å². The number of nitrogens with one attached hydrogen (secondary N) is 1. The van der Waals surface area contributed by atoms with Gasteiger partial charge in [0.05, 0.1) is 5.25 Å². The molecule has 1 N–H and O–H groups in total. The lowest BCUT2D eigenvalue weighted by Crippen LogP contribution is -2.60. The molecule has 2 heterocycles. The maximum Gasteiger partial charge on any atom is 0.218 e. The smallest absolute Gasteiger partial charge is 0.218 e. The Balaban J connectivity index is 2.10. The van der Waals surface area contributed by atoms with Crippen LogP contribution in [0.15, 0.2) is 0 Å². The Morgan fingerprint density at radius 1 is 1.28 bits per heavy atom. The summed E-state index contributed by atoms with van der Waals surface area (Å²) >= 11 is 0. The van der Waals surface area contributed by atoms with E-state index in [0.29, 0.717) is 19.6 Å². The first kappa shape index (κ1) is 14.2. The summed E-state index contributed by atoms with van der Waals surface area (Å²) in [7, 11) is -1.07. The molecule has 0 aromatic rings. The average Bonchev–Trinajstić information content (AvgIpc) is 2.33. The van der Waals surface area contributed by atoms with E-state index >= 15 is 0 Å². The van der Waals surface area contributed by atoms with Crippen LogP contribution >= 0.6 is 0 Å². The topological polar surface area (TPSA) is 52.7 Å². The van der Waals surface area contributed by atoms with Crippen LogP contribution in [0.25, 0.3) is 0 Å². The maximum absolute atomic E-state index is 12.6. The molecule has 0 spiro atoms. The summed E-state index contributed by atoms with van der Waals surface area (Å²) in [5.74, 6) is 0. The first-order valence-corrected chi connectivity index (χ1v) is 8.25. The maximum atomic E-state index is 12.6. The third-order valence-corrected chi connectivity index (χ3v) is 6.59. The summed E-state index contributed by atoms with van der Waals surface area (Å²) in [6.45, 7) is 7.80. The Bertz CT molecular complexity index is 388. The molecule has 0 bridgehead atoms. The second-order valence-corrected chi connectivity index (χ2v) is 8.29. The molecule has 0 aromatic carbocycles. The molecule has 106 valence electrons. The van der Waals surface area contributed by atoms with Gasteiger partial charge in [-0.25, -0.2) is 8.42 Å². The lowest BCUT2D eigenvalue weighted by atomic mass is 10.0. The molecular formula is C12H25N3O2S. The van der Waals surface area contributed by atoms with Gasteiger partial charge in [-0.3, -0.25) is 4.90 Å². The minimum atomic E-state index is -3.14. The Hall–Kier alpha value is -0.170. The lowest BCUT2D eigenvalue weighted by molar-refractivity contribution is 0.0794. The number of nitrogens with zero attached hydrogens (tertiary/aromatic N) is 2. The molecule has 6 heteroatoms. The predicted molar refractivity (Wildman–Crippen MR) is 73.1 cm³/mol. The highest BCUT2D eigenvalue weighted by atomic mass is 32.2.